The summed E-state index contributed by atoms with van der Waals surface area (Å²) in [7, 11) is 0. The van der Waals surface area contributed by atoms with E-state index in [9.17, 15) is 18.0 Å². The van der Waals surface area contributed by atoms with Gasteiger partial charge in [-0.2, -0.15) is 18.3 Å². The van der Waals surface area contributed by atoms with Gasteiger partial charge in [0.1, 0.15) is 0 Å². The van der Waals surface area contributed by atoms with E-state index in [1.165, 1.54) is 10.7 Å². The van der Waals surface area contributed by atoms with Crippen LogP contribution < -0.4 is 5.48 Å². The Labute approximate surface area is 166 Å². The van der Waals surface area contributed by atoms with Crippen LogP contribution in [-0.4, -0.2) is 15.7 Å². The Hall–Kier alpha value is -3.13. The van der Waals surface area contributed by atoms with Crippen LogP contribution in [0.25, 0.3) is 5.69 Å². The van der Waals surface area contributed by atoms with Crippen molar-refractivity contribution >= 4 is 5.91 Å². The molecule has 0 unspecified atom stereocenters. The van der Waals surface area contributed by atoms with Gasteiger partial charge in [-0.25, -0.2) is 10.2 Å². The molecule has 3 aromatic rings. The van der Waals surface area contributed by atoms with Gasteiger partial charge in [-0.05, 0) is 37.6 Å². The molecule has 1 N–H and O–H groups in total. The number of benzene rings is 2. The molecule has 0 fully saturated rings. The Morgan fingerprint density at radius 1 is 1.10 bits per heavy atom. The number of aryl methyl sites for hydroxylation is 1. The van der Waals surface area contributed by atoms with Crippen molar-refractivity contribution in [2.75, 3.05) is 0 Å². The lowest BCUT2D eigenvalue weighted by molar-refractivity contribution is -0.137. The standard InChI is InChI=1S/C21H20F3N3O2/c1-14-19(12-20(28)26-29-13-16-7-4-3-5-8-16)15(2)27(25-14)18-10-6-9-17(11-18)21(22,23)24/h3-11H,12-13H2,1-2H3,(H,26,28). The Kier molecular flexibility index (Phi) is 6.03. The van der Waals surface area contributed by atoms with E-state index in [2.05, 4.69) is 10.6 Å². The van der Waals surface area contributed by atoms with Crippen LogP contribution in [0.5, 0.6) is 0 Å². The van der Waals surface area contributed by atoms with E-state index in [-0.39, 0.29) is 24.6 Å². The Morgan fingerprint density at radius 3 is 2.52 bits per heavy atom. The summed E-state index contributed by atoms with van der Waals surface area (Å²) in [6.07, 6.45) is -4.43. The van der Waals surface area contributed by atoms with E-state index < -0.39 is 11.7 Å². The van der Waals surface area contributed by atoms with Crippen LogP contribution in [-0.2, 0) is 28.8 Å². The maximum absolute atomic E-state index is 13.0. The number of amides is 1. The first-order chi connectivity index (χ1) is 13.8. The predicted molar refractivity (Wildman–Crippen MR) is 101 cm³/mol. The lowest BCUT2D eigenvalue weighted by atomic mass is 10.1. The number of hydrogen-bond donors (Lipinski definition) is 1. The van der Waals surface area contributed by atoms with E-state index in [1.54, 1.807) is 19.9 Å². The fourth-order valence-corrected chi connectivity index (χ4v) is 2.97. The number of nitrogens with one attached hydrogen (secondary N) is 1. The van der Waals surface area contributed by atoms with Crippen LogP contribution in [0, 0.1) is 13.8 Å². The molecule has 0 aliphatic heterocycles. The number of aromatic nitrogens is 2. The van der Waals surface area contributed by atoms with Crippen molar-refractivity contribution in [3.8, 4) is 5.69 Å². The topological polar surface area (TPSA) is 56.2 Å². The fraction of sp³-hybridized carbons (Fsp3) is 0.238. The average Bonchev–Trinajstić information content (AvgIpc) is 2.96. The molecular weight excluding hydrogens is 383 g/mol. The molecular formula is C21H20F3N3O2. The molecule has 2 aromatic carbocycles. The molecule has 1 amide bonds. The Balaban J connectivity index is 1.70. The van der Waals surface area contributed by atoms with Crippen molar-refractivity contribution in [2.24, 2.45) is 0 Å². The van der Waals surface area contributed by atoms with Crippen LogP contribution in [0.15, 0.2) is 54.6 Å². The van der Waals surface area contributed by atoms with E-state index in [4.69, 9.17) is 4.84 Å². The summed E-state index contributed by atoms with van der Waals surface area (Å²) in [4.78, 5) is 17.4. The molecule has 0 spiro atoms. The summed E-state index contributed by atoms with van der Waals surface area (Å²) in [5.74, 6) is -0.365. The first-order valence-electron chi connectivity index (χ1n) is 8.93. The number of nitrogens with zero attached hydrogens (tertiary/aromatic N) is 2. The summed E-state index contributed by atoms with van der Waals surface area (Å²) < 4.78 is 40.4. The Bertz CT molecular complexity index is 998. The quantitative estimate of drug-likeness (QED) is 0.625. The van der Waals surface area contributed by atoms with Crippen LogP contribution >= 0.6 is 0 Å². The number of rotatable bonds is 6. The van der Waals surface area contributed by atoms with E-state index in [0.717, 1.165) is 17.7 Å². The molecule has 0 saturated carbocycles. The third kappa shape index (κ3) is 5.03. The first kappa shape index (κ1) is 20.6. The number of halogens is 3. The van der Waals surface area contributed by atoms with Gasteiger partial charge in [0.05, 0.1) is 30.0 Å². The SMILES string of the molecule is Cc1nn(-c2cccc(C(F)(F)F)c2)c(C)c1CC(=O)NOCc1ccccc1. The molecule has 3 rings (SSSR count). The normalized spacial score (nSPS) is 11.5. The number of alkyl halides is 3. The molecule has 0 aliphatic rings. The van der Waals surface area contributed by atoms with Crippen molar-refractivity contribution in [2.45, 2.75) is 33.1 Å². The van der Waals surface area contributed by atoms with Crippen LogP contribution in [0.2, 0.25) is 0 Å². The van der Waals surface area contributed by atoms with Gasteiger partial charge in [0.25, 0.3) is 0 Å². The molecule has 0 saturated heterocycles. The average molecular weight is 403 g/mol. The smallest absolute Gasteiger partial charge is 0.272 e. The van der Waals surface area contributed by atoms with Gasteiger partial charge in [-0.15, -0.1) is 0 Å². The van der Waals surface area contributed by atoms with Crippen LogP contribution in [0.1, 0.15) is 28.1 Å². The van der Waals surface area contributed by atoms with Crippen molar-refractivity contribution in [3.63, 3.8) is 0 Å². The Morgan fingerprint density at radius 2 is 1.83 bits per heavy atom. The van der Waals surface area contributed by atoms with Crippen LogP contribution in [0.4, 0.5) is 13.2 Å². The minimum Gasteiger partial charge on any atom is -0.272 e. The minimum atomic E-state index is -4.44. The molecule has 29 heavy (non-hydrogen) atoms. The highest BCUT2D eigenvalue weighted by atomic mass is 19.4. The monoisotopic (exact) mass is 403 g/mol. The summed E-state index contributed by atoms with van der Waals surface area (Å²) in [5, 5.41) is 4.31. The minimum absolute atomic E-state index is 0.00537. The van der Waals surface area contributed by atoms with Gasteiger partial charge in [0.2, 0.25) is 5.91 Å². The number of carbonyl (C=O) groups is 1. The zero-order valence-corrected chi connectivity index (χ0v) is 16.0. The second kappa shape index (κ2) is 8.48. The number of hydroxylamine groups is 1. The van der Waals surface area contributed by atoms with Gasteiger partial charge >= 0.3 is 6.18 Å². The molecule has 8 heteroatoms. The summed E-state index contributed by atoms with van der Waals surface area (Å²) in [6, 6.07) is 14.3. The van der Waals surface area contributed by atoms with Crippen LogP contribution in [0.3, 0.4) is 0 Å². The number of hydrogen-bond acceptors (Lipinski definition) is 3. The molecule has 0 radical (unpaired) electrons. The van der Waals surface area contributed by atoms with E-state index in [0.29, 0.717) is 17.0 Å². The molecule has 0 atom stereocenters. The fourth-order valence-electron chi connectivity index (χ4n) is 2.97. The predicted octanol–water partition coefficient (Wildman–Crippen LogP) is 4.30. The second-order valence-corrected chi connectivity index (χ2v) is 6.59. The van der Waals surface area contributed by atoms with Gasteiger partial charge in [-0.3, -0.25) is 9.63 Å². The van der Waals surface area contributed by atoms with Gasteiger partial charge in [0, 0.05) is 11.3 Å². The molecule has 0 aliphatic carbocycles. The van der Waals surface area contributed by atoms with Gasteiger partial charge < -0.3 is 0 Å². The van der Waals surface area contributed by atoms with Gasteiger partial charge in [0.15, 0.2) is 0 Å². The molecule has 152 valence electrons. The molecule has 5 nitrogen and oxygen atoms in total. The summed E-state index contributed by atoms with van der Waals surface area (Å²) in [5.41, 5.74) is 4.64. The lowest BCUT2D eigenvalue weighted by Crippen LogP contribution is -2.25. The highest BCUT2D eigenvalue weighted by molar-refractivity contribution is 5.78. The molecule has 1 aromatic heterocycles. The van der Waals surface area contributed by atoms with Crippen molar-refractivity contribution < 1.29 is 22.8 Å². The maximum atomic E-state index is 13.0. The van der Waals surface area contributed by atoms with E-state index >= 15 is 0 Å². The number of carbonyl (C=O) groups excluding carboxylic acids is 1. The third-order valence-electron chi connectivity index (χ3n) is 4.46. The summed E-state index contributed by atoms with van der Waals surface area (Å²) >= 11 is 0. The second-order valence-electron chi connectivity index (χ2n) is 6.59. The van der Waals surface area contributed by atoms with Crippen molar-refractivity contribution in [1.29, 1.82) is 0 Å². The van der Waals surface area contributed by atoms with Crippen molar-refractivity contribution in [1.82, 2.24) is 15.3 Å². The largest absolute Gasteiger partial charge is 0.416 e. The van der Waals surface area contributed by atoms with E-state index in [1.807, 2.05) is 30.3 Å². The first-order valence-corrected chi connectivity index (χ1v) is 8.93. The van der Waals surface area contributed by atoms with Crippen molar-refractivity contribution in [3.05, 3.63) is 82.7 Å². The third-order valence-corrected chi connectivity index (χ3v) is 4.46. The molecule has 0 bridgehead atoms. The maximum Gasteiger partial charge on any atom is 0.416 e. The highest BCUT2D eigenvalue weighted by Crippen LogP contribution is 2.30. The zero-order valence-electron chi connectivity index (χ0n) is 16.0. The summed E-state index contributed by atoms with van der Waals surface area (Å²) in [6.45, 7) is 3.66. The molecule has 1 heterocycles. The zero-order chi connectivity index (χ0) is 21.0. The lowest BCUT2D eigenvalue weighted by Gasteiger charge is -2.10. The van der Waals surface area contributed by atoms with Gasteiger partial charge in [-0.1, -0.05) is 36.4 Å². The highest BCUT2D eigenvalue weighted by Gasteiger charge is 2.30.